The van der Waals surface area contributed by atoms with Crippen LogP contribution in [0.1, 0.15) is 16.7 Å². The van der Waals surface area contributed by atoms with Crippen LogP contribution < -0.4 is 10.6 Å². The van der Waals surface area contributed by atoms with Gasteiger partial charge in [-0.1, -0.05) is 24.3 Å². The Labute approximate surface area is 129 Å². The highest BCUT2D eigenvalue weighted by atomic mass is 19.1. The number of aliphatic imine (C=N–C) groups is 1. The van der Waals surface area contributed by atoms with E-state index in [9.17, 15) is 4.39 Å². The molecule has 0 unspecified atom stereocenters. The number of nitrogens with one attached hydrogen (secondary N) is 2. The lowest BCUT2D eigenvalue weighted by Crippen LogP contribution is -2.36. The minimum atomic E-state index is -0.243. The molecule has 4 nitrogen and oxygen atoms in total. The van der Waals surface area contributed by atoms with Crippen molar-refractivity contribution in [2.45, 2.75) is 13.1 Å². The zero-order valence-corrected chi connectivity index (χ0v) is 12.3. The maximum absolute atomic E-state index is 12.8. The fourth-order valence-corrected chi connectivity index (χ4v) is 1.89. The standard InChI is InChI=1S/C17H17FN4/c1-20-17(22-12-15-6-8-16(18)9-7-15)21-11-14-4-2-13(10-19)3-5-14/h2-9H,11-12H2,1H3,(H2,20,21,22). The molecular formula is C17H17FN4. The van der Waals surface area contributed by atoms with E-state index in [-0.39, 0.29) is 5.82 Å². The van der Waals surface area contributed by atoms with Crippen molar-refractivity contribution in [1.82, 2.24) is 10.6 Å². The van der Waals surface area contributed by atoms with Gasteiger partial charge in [-0.05, 0) is 35.4 Å². The summed E-state index contributed by atoms with van der Waals surface area (Å²) in [6.07, 6.45) is 0. The fourth-order valence-electron chi connectivity index (χ4n) is 1.89. The van der Waals surface area contributed by atoms with Crippen LogP contribution in [0.25, 0.3) is 0 Å². The molecule has 0 bridgehead atoms. The van der Waals surface area contributed by atoms with Crippen LogP contribution >= 0.6 is 0 Å². The van der Waals surface area contributed by atoms with E-state index in [1.165, 1.54) is 12.1 Å². The van der Waals surface area contributed by atoms with Crippen molar-refractivity contribution < 1.29 is 4.39 Å². The molecule has 2 aromatic rings. The van der Waals surface area contributed by atoms with Crippen LogP contribution in [-0.4, -0.2) is 13.0 Å². The third-order valence-corrected chi connectivity index (χ3v) is 3.14. The number of nitriles is 1. The van der Waals surface area contributed by atoms with Gasteiger partial charge in [0.1, 0.15) is 5.82 Å². The monoisotopic (exact) mass is 296 g/mol. The van der Waals surface area contributed by atoms with E-state index in [1.54, 1.807) is 31.3 Å². The molecule has 0 aromatic heterocycles. The predicted molar refractivity (Wildman–Crippen MR) is 84.6 cm³/mol. The topological polar surface area (TPSA) is 60.2 Å². The molecule has 2 rings (SSSR count). The highest BCUT2D eigenvalue weighted by Crippen LogP contribution is 2.03. The zero-order valence-electron chi connectivity index (χ0n) is 12.3. The average Bonchev–Trinajstić information content (AvgIpc) is 2.57. The average molecular weight is 296 g/mol. The van der Waals surface area contributed by atoms with Crippen LogP contribution in [-0.2, 0) is 13.1 Å². The number of nitrogens with zero attached hydrogens (tertiary/aromatic N) is 2. The van der Waals surface area contributed by atoms with E-state index in [1.807, 2.05) is 12.1 Å². The Bertz CT molecular complexity index is 669. The van der Waals surface area contributed by atoms with Crippen molar-refractivity contribution in [2.75, 3.05) is 7.05 Å². The summed E-state index contributed by atoms with van der Waals surface area (Å²) in [6.45, 7) is 1.17. The minimum Gasteiger partial charge on any atom is -0.352 e. The lowest BCUT2D eigenvalue weighted by molar-refractivity contribution is 0.626. The van der Waals surface area contributed by atoms with Gasteiger partial charge in [0.25, 0.3) is 0 Å². The van der Waals surface area contributed by atoms with E-state index in [4.69, 9.17) is 5.26 Å². The van der Waals surface area contributed by atoms with E-state index < -0.39 is 0 Å². The van der Waals surface area contributed by atoms with Crippen molar-refractivity contribution in [3.8, 4) is 6.07 Å². The summed E-state index contributed by atoms with van der Waals surface area (Å²) in [7, 11) is 1.69. The molecule has 0 aliphatic rings. The number of hydrogen-bond acceptors (Lipinski definition) is 2. The van der Waals surface area contributed by atoms with Gasteiger partial charge < -0.3 is 10.6 Å². The van der Waals surface area contributed by atoms with Gasteiger partial charge in [0.2, 0.25) is 0 Å². The Balaban J connectivity index is 1.84. The number of benzene rings is 2. The predicted octanol–water partition coefficient (Wildman–Crippen LogP) is 2.56. The second kappa shape index (κ2) is 7.79. The summed E-state index contributed by atoms with van der Waals surface area (Å²) in [5.74, 6) is 0.417. The molecule has 0 radical (unpaired) electrons. The second-order valence-corrected chi connectivity index (χ2v) is 4.71. The molecule has 5 heteroatoms. The first kappa shape index (κ1) is 15.5. The molecule has 22 heavy (non-hydrogen) atoms. The lowest BCUT2D eigenvalue weighted by atomic mass is 10.1. The number of guanidine groups is 1. The maximum atomic E-state index is 12.8. The van der Waals surface area contributed by atoms with Gasteiger partial charge in [0, 0.05) is 20.1 Å². The molecular weight excluding hydrogens is 279 g/mol. The summed E-state index contributed by atoms with van der Waals surface area (Å²) in [5, 5.41) is 15.1. The third-order valence-electron chi connectivity index (χ3n) is 3.14. The summed E-state index contributed by atoms with van der Waals surface area (Å²) in [5.41, 5.74) is 2.68. The first-order valence-corrected chi connectivity index (χ1v) is 6.89. The third kappa shape index (κ3) is 4.60. The zero-order chi connectivity index (χ0) is 15.8. The van der Waals surface area contributed by atoms with Crippen LogP contribution in [0.15, 0.2) is 53.5 Å². The van der Waals surface area contributed by atoms with Crippen molar-refractivity contribution >= 4 is 5.96 Å². The largest absolute Gasteiger partial charge is 0.352 e. The Morgan fingerprint density at radius 3 is 1.95 bits per heavy atom. The molecule has 2 N–H and O–H groups in total. The van der Waals surface area contributed by atoms with Crippen LogP contribution in [0.2, 0.25) is 0 Å². The van der Waals surface area contributed by atoms with Gasteiger partial charge in [0.15, 0.2) is 5.96 Å². The first-order valence-electron chi connectivity index (χ1n) is 6.89. The van der Waals surface area contributed by atoms with Crippen LogP contribution in [0.5, 0.6) is 0 Å². The van der Waals surface area contributed by atoms with Gasteiger partial charge in [-0.25, -0.2) is 4.39 Å². The molecule has 0 saturated heterocycles. The Morgan fingerprint density at radius 1 is 1.00 bits per heavy atom. The van der Waals surface area contributed by atoms with E-state index >= 15 is 0 Å². The van der Waals surface area contributed by atoms with Gasteiger partial charge in [-0.15, -0.1) is 0 Å². The summed E-state index contributed by atoms with van der Waals surface area (Å²) in [6, 6.07) is 15.8. The molecule has 0 aliphatic carbocycles. The Hall–Kier alpha value is -2.87. The van der Waals surface area contributed by atoms with Gasteiger partial charge >= 0.3 is 0 Å². The van der Waals surface area contributed by atoms with Crippen LogP contribution in [0, 0.1) is 17.1 Å². The van der Waals surface area contributed by atoms with Crippen molar-refractivity contribution in [2.24, 2.45) is 4.99 Å². The smallest absolute Gasteiger partial charge is 0.191 e. The minimum absolute atomic E-state index is 0.243. The van der Waals surface area contributed by atoms with Crippen LogP contribution in [0.4, 0.5) is 4.39 Å². The van der Waals surface area contributed by atoms with E-state index in [0.29, 0.717) is 24.6 Å². The molecule has 0 heterocycles. The maximum Gasteiger partial charge on any atom is 0.191 e. The van der Waals surface area contributed by atoms with E-state index in [2.05, 4.69) is 21.7 Å². The van der Waals surface area contributed by atoms with Crippen molar-refractivity contribution in [1.29, 1.82) is 5.26 Å². The molecule has 0 fully saturated rings. The number of hydrogen-bond donors (Lipinski definition) is 2. The lowest BCUT2D eigenvalue weighted by Gasteiger charge is -2.12. The molecule has 112 valence electrons. The normalized spacial score (nSPS) is 10.9. The Morgan fingerprint density at radius 2 is 1.50 bits per heavy atom. The van der Waals surface area contributed by atoms with Crippen LogP contribution in [0.3, 0.4) is 0 Å². The van der Waals surface area contributed by atoms with Crippen molar-refractivity contribution in [3.63, 3.8) is 0 Å². The number of rotatable bonds is 4. The number of halogens is 1. The Kier molecular flexibility index (Phi) is 5.50. The second-order valence-electron chi connectivity index (χ2n) is 4.71. The molecule has 0 amide bonds. The summed E-state index contributed by atoms with van der Waals surface area (Å²) < 4.78 is 12.8. The van der Waals surface area contributed by atoms with Crippen molar-refractivity contribution in [3.05, 3.63) is 71.0 Å². The van der Waals surface area contributed by atoms with Gasteiger partial charge in [-0.3, -0.25) is 4.99 Å². The fraction of sp³-hybridized carbons (Fsp3) is 0.176. The highest BCUT2D eigenvalue weighted by molar-refractivity contribution is 5.79. The summed E-state index contributed by atoms with van der Waals surface area (Å²) in [4.78, 5) is 4.14. The summed E-state index contributed by atoms with van der Waals surface area (Å²) >= 11 is 0. The molecule has 2 aromatic carbocycles. The molecule has 0 atom stereocenters. The molecule has 0 saturated carbocycles. The van der Waals surface area contributed by atoms with E-state index in [0.717, 1.165) is 11.1 Å². The van der Waals surface area contributed by atoms with Gasteiger partial charge in [0.05, 0.1) is 11.6 Å². The van der Waals surface area contributed by atoms with Gasteiger partial charge in [-0.2, -0.15) is 5.26 Å². The first-order chi connectivity index (χ1) is 10.7. The highest BCUT2D eigenvalue weighted by Gasteiger charge is 2.00. The quantitative estimate of drug-likeness (QED) is 0.673. The molecule has 0 aliphatic heterocycles. The molecule has 0 spiro atoms. The SMILES string of the molecule is CN=C(NCc1ccc(F)cc1)NCc1ccc(C#N)cc1.